The van der Waals surface area contributed by atoms with Gasteiger partial charge in [-0.25, -0.2) is 0 Å². The Hall–Kier alpha value is -2.21. The number of rotatable bonds is 5. The van der Waals surface area contributed by atoms with E-state index in [1.807, 2.05) is 66.7 Å². The molecule has 0 amide bonds. The standard InChI is InChI=1S/C17H12BrN3S/c18-15-6-4-5-13(9-15)12-22-17(14(10-19)11-20)21-16-7-2-1-3-8-16/h1-9,21H,12H2. The van der Waals surface area contributed by atoms with Crippen molar-refractivity contribution >= 4 is 33.4 Å². The van der Waals surface area contributed by atoms with E-state index in [0.29, 0.717) is 10.8 Å². The van der Waals surface area contributed by atoms with Gasteiger partial charge in [-0.15, -0.1) is 11.8 Å². The van der Waals surface area contributed by atoms with Crippen LogP contribution in [0.15, 0.2) is 69.7 Å². The van der Waals surface area contributed by atoms with E-state index < -0.39 is 0 Å². The minimum absolute atomic E-state index is 0.0869. The van der Waals surface area contributed by atoms with E-state index in [2.05, 4.69) is 21.2 Å². The molecule has 0 heterocycles. The molecule has 0 saturated carbocycles. The predicted molar refractivity (Wildman–Crippen MR) is 93.8 cm³/mol. The highest BCUT2D eigenvalue weighted by Crippen LogP contribution is 2.27. The number of allylic oxidation sites excluding steroid dienone is 1. The molecule has 0 aliphatic carbocycles. The molecule has 0 atom stereocenters. The molecule has 0 bridgehead atoms. The molecule has 3 nitrogen and oxygen atoms in total. The molecule has 22 heavy (non-hydrogen) atoms. The predicted octanol–water partition coefficient (Wildman–Crippen LogP) is 5.05. The zero-order valence-corrected chi connectivity index (χ0v) is 14.0. The molecule has 1 N–H and O–H groups in total. The molecular formula is C17H12BrN3S. The molecule has 0 aliphatic heterocycles. The molecule has 0 aromatic heterocycles. The molecule has 0 aliphatic rings. The van der Waals surface area contributed by atoms with Gasteiger partial charge in [-0.2, -0.15) is 10.5 Å². The van der Waals surface area contributed by atoms with Crippen molar-refractivity contribution in [3.8, 4) is 12.1 Å². The Labute approximate surface area is 142 Å². The van der Waals surface area contributed by atoms with Gasteiger partial charge in [0.2, 0.25) is 0 Å². The lowest BCUT2D eigenvalue weighted by atomic mass is 10.2. The van der Waals surface area contributed by atoms with E-state index in [1.165, 1.54) is 11.8 Å². The van der Waals surface area contributed by atoms with Crippen molar-refractivity contribution in [3.05, 3.63) is 75.2 Å². The lowest BCUT2D eigenvalue weighted by molar-refractivity contribution is 1.39. The largest absolute Gasteiger partial charge is 0.349 e. The van der Waals surface area contributed by atoms with Crippen molar-refractivity contribution < 1.29 is 0 Å². The summed E-state index contributed by atoms with van der Waals surface area (Å²) in [6, 6.07) is 21.3. The van der Waals surface area contributed by atoms with Crippen LogP contribution < -0.4 is 5.32 Å². The molecule has 5 heteroatoms. The molecule has 2 rings (SSSR count). The minimum atomic E-state index is 0.0869. The summed E-state index contributed by atoms with van der Waals surface area (Å²) in [4.78, 5) is 0. The van der Waals surface area contributed by atoms with Gasteiger partial charge in [-0.05, 0) is 29.8 Å². The van der Waals surface area contributed by atoms with Crippen molar-refractivity contribution in [3.63, 3.8) is 0 Å². The first-order valence-electron chi connectivity index (χ1n) is 6.46. The zero-order valence-electron chi connectivity index (χ0n) is 11.6. The number of hydrogen-bond acceptors (Lipinski definition) is 4. The fourth-order valence-electron chi connectivity index (χ4n) is 1.73. The third-order valence-corrected chi connectivity index (χ3v) is 4.32. The number of anilines is 1. The average Bonchev–Trinajstić information content (AvgIpc) is 2.54. The number of nitrogens with zero attached hydrogens (tertiary/aromatic N) is 2. The van der Waals surface area contributed by atoms with E-state index in [9.17, 15) is 0 Å². The number of benzene rings is 2. The maximum Gasteiger partial charge on any atom is 0.159 e. The third-order valence-electron chi connectivity index (χ3n) is 2.75. The molecule has 0 radical (unpaired) electrons. The number of nitriles is 2. The Balaban J connectivity index is 2.18. The summed E-state index contributed by atoms with van der Waals surface area (Å²) in [6.07, 6.45) is 0. The van der Waals surface area contributed by atoms with Crippen LogP contribution in [0.2, 0.25) is 0 Å². The average molecular weight is 370 g/mol. The number of thioether (sulfide) groups is 1. The van der Waals surface area contributed by atoms with Gasteiger partial charge < -0.3 is 5.32 Å². The Morgan fingerprint density at radius 2 is 1.77 bits per heavy atom. The van der Waals surface area contributed by atoms with Crippen molar-refractivity contribution in [2.24, 2.45) is 0 Å². The molecular weight excluding hydrogens is 358 g/mol. The molecule has 0 fully saturated rings. The van der Waals surface area contributed by atoms with Gasteiger partial charge in [0, 0.05) is 15.9 Å². The van der Waals surface area contributed by atoms with Gasteiger partial charge in [0.25, 0.3) is 0 Å². The number of nitrogens with one attached hydrogen (secondary N) is 1. The number of halogens is 1. The summed E-state index contributed by atoms with van der Waals surface area (Å²) in [5.41, 5.74) is 2.05. The van der Waals surface area contributed by atoms with Crippen LogP contribution in [0.1, 0.15) is 5.56 Å². The first kappa shape index (κ1) is 16.2. The molecule has 2 aromatic carbocycles. The van der Waals surface area contributed by atoms with Crippen LogP contribution in [0.25, 0.3) is 0 Å². The van der Waals surface area contributed by atoms with E-state index >= 15 is 0 Å². The van der Waals surface area contributed by atoms with Gasteiger partial charge in [0.15, 0.2) is 5.57 Å². The Morgan fingerprint density at radius 3 is 2.41 bits per heavy atom. The Bertz CT molecular complexity index is 741. The van der Waals surface area contributed by atoms with Gasteiger partial charge in [-0.3, -0.25) is 0 Å². The van der Waals surface area contributed by atoms with E-state index in [-0.39, 0.29) is 5.57 Å². The lowest BCUT2D eigenvalue weighted by Crippen LogP contribution is -2.00. The number of para-hydroxylation sites is 1. The van der Waals surface area contributed by atoms with Crippen LogP contribution in [0.3, 0.4) is 0 Å². The second-order valence-electron chi connectivity index (χ2n) is 4.34. The van der Waals surface area contributed by atoms with Gasteiger partial charge in [0.05, 0.1) is 0 Å². The third kappa shape index (κ3) is 4.66. The van der Waals surface area contributed by atoms with Crippen LogP contribution in [0.5, 0.6) is 0 Å². The zero-order chi connectivity index (χ0) is 15.8. The van der Waals surface area contributed by atoms with Gasteiger partial charge in [0.1, 0.15) is 17.2 Å². The minimum Gasteiger partial charge on any atom is -0.349 e. The summed E-state index contributed by atoms with van der Waals surface area (Å²) >= 11 is 4.88. The number of hydrogen-bond donors (Lipinski definition) is 1. The maximum absolute atomic E-state index is 9.12. The first-order chi connectivity index (χ1) is 10.7. The molecule has 2 aromatic rings. The molecule has 0 unspecified atom stereocenters. The van der Waals surface area contributed by atoms with Crippen molar-refractivity contribution in [1.82, 2.24) is 0 Å². The second kappa shape index (κ2) is 8.29. The SMILES string of the molecule is N#CC(C#N)=C(Nc1ccccc1)SCc1cccc(Br)c1. The molecule has 0 saturated heterocycles. The van der Waals surface area contributed by atoms with Crippen LogP contribution in [0.4, 0.5) is 5.69 Å². The summed E-state index contributed by atoms with van der Waals surface area (Å²) in [6.45, 7) is 0. The second-order valence-corrected chi connectivity index (χ2v) is 6.24. The molecule has 0 spiro atoms. The van der Waals surface area contributed by atoms with E-state index in [1.54, 1.807) is 0 Å². The highest BCUT2D eigenvalue weighted by molar-refractivity contribution is 9.10. The van der Waals surface area contributed by atoms with Crippen molar-refractivity contribution in [2.75, 3.05) is 5.32 Å². The van der Waals surface area contributed by atoms with Crippen molar-refractivity contribution in [1.29, 1.82) is 10.5 Å². The van der Waals surface area contributed by atoms with E-state index in [0.717, 1.165) is 15.7 Å². The Morgan fingerprint density at radius 1 is 1.05 bits per heavy atom. The summed E-state index contributed by atoms with van der Waals surface area (Å²) in [5, 5.41) is 22.0. The monoisotopic (exact) mass is 369 g/mol. The van der Waals surface area contributed by atoms with Crippen molar-refractivity contribution in [2.45, 2.75) is 5.75 Å². The maximum atomic E-state index is 9.12. The highest BCUT2D eigenvalue weighted by Gasteiger charge is 2.08. The van der Waals surface area contributed by atoms with Crippen LogP contribution in [-0.2, 0) is 5.75 Å². The van der Waals surface area contributed by atoms with Gasteiger partial charge >= 0.3 is 0 Å². The summed E-state index contributed by atoms with van der Waals surface area (Å²) in [7, 11) is 0. The first-order valence-corrected chi connectivity index (χ1v) is 8.24. The summed E-state index contributed by atoms with van der Waals surface area (Å²) < 4.78 is 1.01. The normalized spacial score (nSPS) is 9.41. The molecule has 108 valence electrons. The summed E-state index contributed by atoms with van der Waals surface area (Å²) in [5.74, 6) is 0.668. The van der Waals surface area contributed by atoms with Crippen LogP contribution in [0, 0.1) is 22.7 Å². The van der Waals surface area contributed by atoms with Crippen LogP contribution >= 0.6 is 27.7 Å². The van der Waals surface area contributed by atoms with Crippen LogP contribution in [-0.4, -0.2) is 0 Å². The fraction of sp³-hybridized carbons (Fsp3) is 0.0588. The smallest absolute Gasteiger partial charge is 0.159 e. The Kier molecular flexibility index (Phi) is 6.09. The fourth-order valence-corrected chi connectivity index (χ4v) is 3.09. The van der Waals surface area contributed by atoms with E-state index in [4.69, 9.17) is 10.5 Å². The topological polar surface area (TPSA) is 59.6 Å². The highest BCUT2D eigenvalue weighted by atomic mass is 79.9. The lowest BCUT2D eigenvalue weighted by Gasteiger charge is -2.11. The quantitative estimate of drug-likeness (QED) is 0.748. The van der Waals surface area contributed by atoms with Gasteiger partial charge in [-0.1, -0.05) is 46.3 Å².